The zero-order valence-corrected chi connectivity index (χ0v) is 12.2. The van der Waals surface area contributed by atoms with E-state index >= 15 is 0 Å². The van der Waals surface area contributed by atoms with E-state index in [9.17, 15) is 4.79 Å². The quantitative estimate of drug-likeness (QED) is 0.836. The number of carbonyl (C=O) groups is 1. The number of nitrogens with one attached hydrogen (secondary N) is 1. The molecule has 2 N–H and O–H groups in total. The van der Waals surface area contributed by atoms with Crippen LogP contribution < -0.4 is 5.32 Å². The summed E-state index contributed by atoms with van der Waals surface area (Å²) in [6, 6.07) is 4.08. The Bertz CT molecular complexity index is 435. The molecule has 1 atom stereocenters. The highest BCUT2D eigenvalue weighted by Gasteiger charge is 2.21. The van der Waals surface area contributed by atoms with Crippen molar-refractivity contribution >= 4 is 17.3 Å². The Balaban J connectivity index is 1.77. The normalized spacial score (nSPS) is 21.7. The molecule has 1 unspecified atom stereocenters. The second-order valence-electron chi connectivity index (χ2n) is 5.10. The molecule has 19 heavy (non-hydrogen) atoms. The van der Waals surface area contributed by atoms with Crippen LogP contribution in [0.1, 0.15) is 14.5 Å². The summed E-state index contributed by atoms with van der Waals surface area (Å²) in [6.07, 6.45) is 0. The van der Waals surface area contributed by atoms with E-state index in [0.717, 1.165) is 37.6 Å². The number of carboxylic acid groups (broad SMARTS) is 1. The van der Waals surface area contributed by atoms with Crippen LogP contribution >= 0.6 is 11.3 Å². The predicted molar refractivity (Wildman–Crippen MR) is 76.9 cm³/mol. The van der Waals surface area contributed by atoms with Crippen LogP contribution in [0.15, 0.2) is 12.1 Å². The van der Waals surface area contributed by atoms with Gasteiger partial charge in [-0.15, -0.1) is 11.3 Å². The molecule has 0 radical (unpaired) electrons. The van der Waals surface area contributed by atoms with Gasteiger partial charge in [0.25, 0.3) is 0 Å². The Hall–Kier alpha value is -0.950. The van der Waals surface area contributed by atoms with Gasteiger partial charge in [0.15, 0.2) is 0 Å². The topological polar surface area (TPSA) is 55.8 Å². The van der Waals surface area contributed by atoms with E-state index in [2.05, 4.69) is 29.2 Å². The Morgan fingerprint density at radius 1 is 1.47 bits per heavy atom. The second kappa shape index (κ2) is 6.47. The molecular weight excluding hydrogens is 262 g/mol. The lowest BCUT2D eigenvalue weighted by Crippen LogP contribution is -2.53. The Kier molecular flexibility index (Phi) is 4.93. The second-order valence-corrected chi connectivity index (χ2v) is 6.27. The van der Waals surface area contributed by atoms with Gasteiger partial charge in [0.05, 0.1) is 0 Å². The van der Waals surface area contributed by atoms with E-state index in [0.29, 0.717) is 10.9 Å². The van der Waals surface area contributed by atoms with Crippen molar-refractivity contribution in [3.63, 3.8) is 0 Å². The summed E-state index contributed by atoms with van der Waals surface area (Å²) >= 11 is 1.34. The highest BCUT2D eigenvalue weighted by atomic mass is 32.1. The van der Waals surface area contributed by atoms with Crippen molar-refractivity contribution in [1.82, 2.24) is 15.1 Å². The van der Waals surface area contributed by atoms with Gasteiger partial charge in [0.2, 0.25) is 0 Å². The van der Waals surface area contributed by atoms with Crippen molar-refractivity contribution in [1.29, 1.82) is 0 Å². The molecule has 0 aromatic carbocycles. The van der Waals surface area contributed by atoms with Crippen LogP contribution in [0.2, 0.25) is 0 Å². The smallest absolute Gasteiger partial charge is 0.345 e. The van der Waals surface area contributed by atoms with Crippen LogP contribution in [0.3, 0.4) is 0 Å². The molecule has 1 aliphatic heterocycles. The summed E-state index contributed by atoms with van der Waals surface area (Å²) in [5.41, 5.74) is 0. The molecule has 0 spiro atoms. The molecule has 0 amide bonds. The Labute approximate surface area is 117 Å². The van der Waals surface area contributed by atoms with Gasteiger partial charge in [-0.3, -0.25) is 4.90 Å². The molecule has 106 valence electrons. The highest BCUT2D eigenvalue weighted by molar-refractivity contribution is 7.13. The van der Waals surface area contributed by atoms with Crippen LogP contribution in [0, 0.1) is 0 Å². The summed E-state index contributed by atoms with van der Waals surface area (Å²) in [5.74, 6) is -0.843. The number of rotatable bonds is 5. The fraction of sp³-hybridized carbons (Fsp3) is 0.615. The summed E-state index contributed by atoms with van der Waals surface area (Å²) in [4.78, 5) is 17.0. The third kappa shape index (κ3) is 4.01. The average Bonchev–Trinajstić information content (AvgIpc) is 2.82. The number of carboxylic acids is 1. The first kappa shape index (κ1) is 14.5. The van der Waals surface area contributed by atoms with Gasteiger partial charge in [-0.05, 0) is 26.2 Å². The van der Waals surface area contributed by atoms with Crippen LogP contribution in [-0.4, -0.2) is 67.2 Å². The van der Waals surface area contributed by atoms with Crippen molar-refractivity contribution < 1.29 is 9.90 Å². The van der Waals surface area contributed by atoms with Crippen LogP contribution in [0.4, 0.5) is 0 Å². The fourth-order valence-corrected chi connectivity index (χ4v) is 3.09. The molecule has 6 heteroatoms. The van der Waals surface area contributed by atoms with Crippen molar-refractivity contribution in [2.75, 3.05) is 40.3 Å². The molecule has 0 saturated carbocycles. The van der Waals surface area contributed by atoms with E-state index in [-0.39, 0.29) is 0 Å². The third-order valence-corrected chi connectivity index (χ3v) is 4.61. The van der Waals surface area contributed by atoms with Gasteiger partial charge in [0.1, 0.15) is 4.88 Å². The SMILES string of the molecule is CN1CCN(C)C(CNCc2ccc(C(=O)O)s2)C1. The molecule has 1 aliphatic rings. The number of hydrogen-bond donors (Lipinski definition) is 2. The molecule has 0 bridgehead atoms. The van der Waals surface area contributed by atoms with Crippen molar-refractivity contribution in [2.24, 2.45) is 0 Å². The molecule has 5 nitrogen and oxygen atoms in total. The van der Waals surface area contributed by atoms with E-state index in [1.807, 2.05) is 6.07 Å². The van der Waals surface area contributed by atoms with Crippen molar-refractivity contribution in [2.45, 2.75) is 12.6 Å². The van der Waals surface area contributed by atoms with Crippen LogP contribution in [0.5, 0.6) is 0 Å². The maximum Gasteiger partial charge on any atom is 0.345 e. The van der Waals surface area contributed by atoms with E-state index in [1.54, 1.807) is 6.07 Å². The highest BCUT2D eigenvalue weighted by Crippen LogP contribution is 2.16. The van der Waals surface area contributed by atoms with Crippen molar-refractivity contribution in [3.8, 4) is 0 Å². The van der Waals surface area contributed by atoms with E-state index in [1.165, 1.54) is 11.3 Å². The summed E-state index contributed by atoms with van der Waals surface area (Å²) in [6.45, 7) is 4.98. The van der Waals surface area contributed by atoms with E-state index < -0.39 is 5.97 Å². The summed E-state index contributed by atoms with van der Waals surface area (Å²) in [5, 5.41) is 12.3. The number of likely N-dealkylation sites (N-methyl/N-ethyl adjacent to an activating group) is 2. The van der Waals surface area contributed by atoms with Crippen molar-refractivity contribution in [3.05, 3.63) is 21.9 Å². The fourth-order valence-electron chi connectivity index (χ4n) is 2.27. The molecule has 0 aliphatic carbocycles. The largest absolute Gasteiger partial charge is 0.477 e. The zero-order chi connectivity index (χ0) is 13.8. The first-order valence-corrected chi connectivity index (χ1v) is 7.29. The lowest BCUT2D eigenvalue weighted by Gasteiger charge is -2.37. The minimum atomic E-state index is -0.843. The predicted octanol–water partition coefficient (Wildman–Crippen LogP) is 0.782. The zero-order valence-electron chi connectivity index (χ0n) is 11.4. The van der Waals surface area contributed by atoms with Gasteiger partial charge in [0, 0.05) is 43.6 Å². The maximum absolute atomic E-state index is 10.8. The monoisotopic (exact) mass is 283 g/mol. The first-order valence-electron chi connectivity index (χ1n) is 6.48. The maximum atomic E-state index is 10.8. The molecule has 1 saturated heterocycles. The number of aromatic carboxylic acids is 1. The Morgan fingerprint density at radius 3 is 2.95 bits per heavy atom. The van der Waals surface area contributed by atoms with E-state index in [4.69, 9.17) is 5.11 Å². The lowest BCUT2D eigenvalue weighted by atomic mass is 10.2. The number of hydrogen-bond acceptors (Lipinski definition) is 5. The molecule has 1 fully saturated rings. The van der Waals surface area contributed by atoms with Gasteiger partial charge in [-0.25, -0.2) is 4.79 Å². The standard InChI is InChI=1S/C13H21N3O2S/c1-15-5-6-16(2)10(9-15)7-14-8-11-3-4-12(19-11)13(17)18/h3-4,10,14H,5-9H2,1-2H3,(H,17,18). The molecule has 2 heterocycles. The number of thiophene rings is 1. The molecular formula is C13H21N3O2S. The Morgan fingerprint density at radius 2 is 2.26 bits per heavy atom. The molecule has 2 rings (SSSR count). The average molecular weight is 283 g/mol. The molecule has 1 aromatic rings. The third-order valence-electron chi connectivity index (χ3n) is 3.53. The van der Waals surface area contributed by atoms with Gasteiger partial charge in [-0.2, -0.15) is 0 Å². The minimum Gasteiger partial charge on any atom is -0.477 e. The van der Waals surface area contributed by atoms with Crippen LogP contribution in [0.25, 0.3) is 0 Å². The summed E-state index contributed by atoms with van der Waals surface area (Å²) < 4.78 is 0. The lowest BCUT2D eigenvalue weighted by molar-refractivity contribution is 0.0702. The first-order chi connectivity index (χ1) is 9.06. The van der Waals surface area contributed by atoms with Gasteiger partial charge >= 0.3 is 5.97 Å². The minimum absolute atomic E-state index is 0.409. The number of piperazine rings is 1. The summed E-state index contributed by atoms with van der Waals surface area (Å²) in [7, 11) is 4.31. The van der Waals surface area contributed by atoms with Gasteiger partial charge in [-0.1, -0.05) is 0 Å². The number of nitrogens with zero attached hydrogens (tertiary/aromatic N) is 2. The van der Waals surface area contributed by atoms with Crippen LogP contribution in [-0.2, 0) is 6.54 Å². The molecule has 1 aromatic heterocycles. The van der Waals surface area contributed by atoms with Gasteiger partial charge < -0.3 is 15.3 Å².